The molecule has 1 aromatic carbocycles. The van der Waals surface area contributed by atoms with E-state index in [2.05, 4.69) is 5.32 Å². The first kappa shape index (κ1) is 21.6. The van der Waals surface area contributed by atoms with Crippen molar-refractivity contribution in [2.75, 3.05) is 51.2 Å². The summed E-state index contributed by atoms with van der Waals surface area (Å²) in [5.74, 6) is 0.429. The molecule has 0 saturated heterocycles. The summed E-state index contributed by atoms with van der Waals surface area (Å²) in [6, 6.07) is 4.64. The van der Waals surface area contributed by atoms with Crippen LogP contribution in [0, 0.1) is 0 Å². The standard InChI is InChI=1S/C18H22ClNO6S/c1-12-16(27-10-9-25-12)17(21)20-13-3-4-15(19)14(11-13)18(22)26-8-7-24-6-5-23-2/h3-4,11H,5-10H2,1-2H3,(H,20,21). The van der Waals surface area contributed by atoms with Crippen LogP contribution in [0.4, 0.5) is 5.69 Å². The molecular weight excluding hydrogens is 394 g/mol. The maximum absolute atomic E-state index is 12.4. The molecule has 0 bridgehead atoms. The number of hydrogen-bond acceptors (Lipinski definition) is 7. The number of anilines is 1. The number of carbonyl (C=O) groups is 2. The zero-order valence-electron chi connectivity index (χ0n) is 15.2. The summed E-state index contributed by atoms with van der Waals surface area (Å²) in [6.45, 7) is 3.58. The molecule has 1 aromatic rings. The Morgan fingerprint density at radius 3 is 2.78 bits per heavy atom. The molecule has 0 spiro atoms. The van der Waals surface area contributed by atoms with Crippen molar-refractivity contribution in [2.45, 2.75) is 6.92 Å². The number of ether oxygens (including phenoxy) is 4. The molecule has 2 rings (SSSR count). The lowest BCUT2D eigenvalue weighted by atomic mass is 10.2. The average Bonchev–Trinajstić information content (AvgIpc) is 2.66. The zero-order valence-corrected chi connectivity index (χ0v) is 16.8. The second-order valence-corrected chi connectivity index (χ2v) is 6.98. The maximum atomic E-state index is 12.4. The van der Waals surface area contributed by atoms with E-state index in [1.807, 2.05) is 0 Å². The lowest BCUT2D eigenvalue weighted by molar-refractivity contribution is -0.112. The molecule has 1 heterocycles. The molecule has 0 aromatic heterocycles. The van der Waals surface area contributed by atoms with Crippen molar-refractivity contribution in [3.63, 3.8) is 0 Å². The third kappa shape index (κ3) is 6.73. The van der Waals surface area contributed by atoms with Gasteiger partial charge in [-0.2, -0.15) is 0 Å². The quantitative estimate of drug-likeness (QED) is 0.490. The molecule has 0 atom stereocenters. The van der Waals surface area contributed by atoms with Gasteiger partial charge in [0.25, 0.3) is 5.91 Å². The third-order valence-electron chi connectivity index (χ3n) is 3.51. The van der Waals surface area contributed by atoms with E-state index < -0.39 is 5.97 Å². The minimum Gasteiger partial charge on any atom is -0.496 e. The highest BCUT2D eigenvalue weighted by Gasteiger charge is 2.20. The van der Waals surface area contributed by atoms with E-state index in [1.165, 1.54) is 23.9 Å². The van der Waals surface area contributed by atoms with Gasteiger partial charge in [-0.3, -0.25) is 4.79 Å². The van der Waals surface area contributed by atoms with Gasteiger partial charge in [-0.1, -0.05) is 11.6 Å². The van der Waals surface area contributed by atoms with E-state index in [0.717, 1.165) is 0 Å². The van der Waals surface area contributed by atoms with Crippen molar-refractivity contribution in [3.05, 3.63) is 39.4 Å². The van der Waals surface area contributed by atoms with Gasteiger partial charge in [0.15, 0.2) is 0 Å². The Labute approximate surface area is 167 Å². The van der Waals surface area contributed by atoms with Crippen molar-refractivity contribution in [2.24, 2.45) is 0 Å². The highest BCUT2D eigenvalue weighted by atomic mass is 35.5. The maximum Gasteiger partial charge on any atom is 0.339 e. The summed E-state index contributed by atoms with van der Waals surface area (Å²) in [6.07, 6.45) is 0. The van der Waals surface area contributed by atoms with E-state index in [9.17, 15) is 9.59 Å². The fraction of sp³-hybridized carbons (Fsp3) is 0.444. The van der Waals surface area contributed by atoms with Crippen molar-refractivity contribution >= 4 is 40.9 Å². The van der Waals surface area contributed by atoms with Crippen LogP contribution in [0.2, 0.25) is 5.02 Å². The van der Waals surface area contributed by atoms with Crippen LogP contribution in [0.5, 0.6) is 0 Å². The molecule has 0 aliphatic carbocycles. The summed E-state index contributed by atoms with van der Waals surface area (Å²) in [5, 5.41) is 2.99. The van der Waals surface area contributed by atoms with Gasteiger partial charge >= 0.3 is 5.97 Å². The van der Waals surface area contributed by atoms with Crippen LogP contribution in [-0.2, 0) is 23.7 Å². The van der Waals surface area contributed by atoms with E-state index >= 15 is 0 Å². The number of carbonyl (C=O) groups excluding carboxylic acids is 2. The van der Waals surface area contributed by atoms with Crippen molar-refractivity contribution in [3.8, 4) is 0 Å². The molecule has 1 N–H and O–H groups in total. The molecule has 0 fully saturated rings. The number of rotatable bonds is 9. The van der Waals surface area contributed by atoms with Crippen LogP contribution in [0.15, 0.2) is 28.9 Å². The molecule has 27 heavy (non-hydrogen) atoms. The van der Waals surface area contributed by atoms with E-state index in [4.69, 9.17) is 30.5 Å². The number of benzene rings is 1. The number of hydrogen-bond donors (Lipinski definition) is 1. The number of esters is 1. The topological polar surface area (TPSA) is 83.1 Å². The molecule has 0 radical (unpaired) electrons. The predicted octanol–water partition coefficient (Wildman–Crippen LogP) is 3.09. The highest BCUT2D eigenvalue weighted by molar-refractivity contribution is 8.04. The molecule has 7 nitrogen and oxygen atoms in total. The lowest BCUT2D eigenvalue weighted by Gasteiger charge is -2.18. The van der Waals surface area contributed by atoms with Crippen LogP contribution >= 0.6 is 23.4 Å². The number of allylic oxidation sites excluding steroid dienone is 1. The molecular formula is C18H22ClNO6S. The summed E-state index contributed by atoms with van der Waals surface area (Å²) in [5.41, 5.74) is 0.615. The van der Waals surface area contributed by atoms with Gasteiger partial charge < -0.3 is 24.3 Å². The fourth-order valence-corrected chi connectivity index (χ4v) is 3.20. The molecule has 1 amide bonds. The molecule has 9 heteroatoms. The summed E-state index contributed by atoms with van der Waals surface area (Å²) in [7, 11) is 1.58. The normalized spacial score (nSPS) is 13.9. The third-order valence-corrected chi connectivity index (χ3v) is 4.97. The number of amides is 1. The van der Waals surface area contributed by atoms with Crippen LogP contribution in [0.25, 0.3) is 0 Å². The van der Waals surface area contributed by atoms with Gasteiger partial charge in [-0.15, -0.1) is 11.8 Å². The minimum atomic E-state index is -0.586. The highest BCUT2D eigenvalue weighted by Crippen LogP contribution is 2.27. The Balaban J connectivity index is 1.94. The van der Waals surface area contributed by atoms with Gasteiger partial charge in [0.1, 0.15) is 17.3 Å². The molecule has 148 valence electrons. The first-order chi connectivity index (χ1) is 13.0. The fourth-order valence-electron chi connectivity index (χ4n) is 2.19. The van der Waals surface area contributed by atoms with Crippen molar-refractivity contribution in [1.29, 1.82) is 0 Å². The number of thioether (sulfide) groups is 1. The second kappa shape index (κ2) is 11.2. The number of nitrogens with one attached hydrogen (secondary N) is 1. The van der Waals surface area contributed by atoms with Gasteiger partial charge in [-0.05, 0) is 25.1 Å². The summed E-state index contributed by atoms with van der Waals surface area (Å²) < 4.78 is 20.6. The Morgan fingerprint density at radius 1 is 1.26 bits per heavy atom. The van der Waals surface area contributed by atoms with Crippen molar-refractivity contribution in [1.82, 2.24) is 0 Å². The Morgan fingerprint density at radius 2 is 2.04 bits per heavy atom. The summed E-state index contributed by atoms with van der Waals surface area (Å²) >= 11 is 7.52. The van der Waals surface area contributed by atoms with Gasteiger partial charge in [0.05, 0.1) is 37.0 Å². The van der Waals surface area contributed by atoms with E-state index in [1.54, 1.807) is 20.1 Å². The lowest BCUT2D eigenvalue weighted by Crippen LogP contribution is -2.19. The van der Waals surface area contributed by atoms with Gasteiger partial charge in [-0.25, -0.2) is 4.79 Å². The number of halogens is 1. The van der Waals surface area contributed by atoms with Crippen LogP contribution in [0.1, 0.15) is 17.3 Å². The average molecular weight is 416 g/mol. The Bertz CT molecular complexity index is 709. The number of methoxy groups -OCH3 is 1. The van der Waals surface area contributed by atoms with Gasteiger partial charge in [0, 0.05) is 18.6 Å². The molecule has 0 unspecified atom stereocenters. The Kier molecular flexibility index (Phi) is 8.93. The molecule has 1 aliphatic rings. The van der Waals surface area contributed by atoms with Gasteiger partial charge in [0.2, 0.25) is 0 Å². The first-order valence-corrected chi connectivity index (χ1v) is 9.70. The largest absolute Gasteiger partial charge is 0.496 e. The van der Waals surface area contributed by atoms with Crippen LogP contribution < -0.4 is 5.32 Å². The smallest absolute Gasteiger partial charge is 0.339 e. The Hall–Kier alpha value is -1.74. The minimum absolute atomic E-state index is 0.0928. The predicted molar refractivity (Wildman–Crippen MR) is 104 cm³/mol. The summed E-state index contributed by atoms with van der Waals surface area (Å²) in [4.78, 5) is 25.1. The second-order valence-electron chi connectivity index (χ2n) is 5.47. The van der Waals surface area contributed by atoms with E-state index in [-0.39, 0.29) is 29.7 Å². The van der Waals surface area contributed by atoms with Crippen LogP contribution in [0.3, 0.4) is 0 Å². The SMILES string of the molecule is COCCOCCOC(=O)c1cc(NC(=O)C2=C(C)OCCS2)ccc1Cl. The van der Waals surface area contributed by atoms with E-state index in [0.29, 0.717) is 41.9 Å². The zero-order chi connectivity index (χ0) is 19.6. The molecule has 1 aliphatic heterocycles. The monoisotopic (exact) mass is 415 g/mol. The first-order valence-electron chi connectivity index (χ1n) is 8.34. The molecule has 0 saturated carbocycles. The van der Waals surface area contributed by atoms with Crippen LogP contribution in [-0.4, -0.2) is 57.8 Å². The van der Waals surface area contributed by atoms with Crippen molar-refractivity contribution < 1.29 is 28.5 Å².